The number of imidazole rings is 1. The van der Waals surface area contributed by atoms with Crippen LogP contribution in [0.4, 0.5) is 0 Å². The van der Waals surface area contributed by atoms with Crippen molar-refractivity contribution in [3.05, 3.63) is 40.0 Å². The van der Waals surface area contributed by atoms with Gasteiger partial charge in [0.1, 0.15) is 22.2 Å². The molecule has 1 aromatic carbocycles. The number of hydrogen-bond donors (Lipinski definition) is 2. The van der Waals surface area contributed by atoms with E-state index >= 15 is 0 Å². The topological polar surface area (TPSA) is 61.8 Å². The molecule has 0 saturated carbocycles. The number of aromatic hydroxyl groups is 1. The molecule has 0 aliphatic heterocycles. The largest absolute Gasteiger partial charge is 0.507 e. The van der Waals surface area contributed by atoms with E-state index in [1.165, 1.54) is 0 Å². The highest BCUT2D eigenvalue weighted by molar-refractivity contribution is 6.41. The average Bonchev–Trinajstić information content (AvgIpc) is 2.75. The summed E-state index contributed by atoms with van der Waals surface area (Å²) in [5, 5.41) is 10.5. The van der Waals surface area contributed by atoms with Crippen LogP contribution in [0.2, 0.25) is 10.2 Å². The molecule has 0 fully saturated rings. The smallest absolute Gasteiger partial charge is 0.159 e. The SMILES string of the molecule is Cc1ccc(O)c(-c2nc3cc(Cl)c(Cl)nc3[nH]2)c1. The Hall–Kier alpha value is -1.78. The van der Waals surface area contributed by atoms with Gasteiger partial charge in [0.15, 0.2) is 5.65 Å². The molecule has 3 rings (SSSR count). The van der Waals surface area contributed by atoms with E-state index in [0.29, 0.717) is 27.6 Å². The summed E-state index contributed by atoms with van der Waals surface area (Å²) in [5.41, 5.74) is 2.78. The van der Waals surface area contributed by atoms with E-state index in [2.05, 4.69) is 15.0 Å². The minimum absolute atomic E-state index is 0.154. The molecular weight excluding hydrogens is 285 g/mol. The van der Waals surface area contributed by atoms with E-state index in [0.717, 1.165) is 5.56 Å². The number of phenols is 1. The Labute approximate surface area is 119 Å². The van der Waals surface area contributed by atoms with Crippen molar-refractivity contribution in [3.8, 4) is 17.1 Å². The highest BCUT2D eigenvalue weighted by Crippen LogP contribution is 2.30. The summed E-state index contributed by atoms with van der Waals surface area (Å²) in [6.07, 6.45) is 0. The van der Waals surface area contributed by atoms with Crippen molar-refractivity contribution >= 4 is 34.4 Å². The predicted octanol–water partition coefficient (Wildman–Crippen LogP) is 3.95. The number of pyridine rings is 1. The Morgan fingerprint density at radius 2 is 1.95 bits per heavy atom. The van der Waals surface area contributed by atoms with Crippen LogP contribution in [-0.2, 0) is 0 Å². The van der Waals surface area contributed by atoms with Gasteiger partial charge in [0, 0.05) is 0 Å². The highest BCUT2D eigenvalue weighted by atomic mass is 35.5. The van der Waals surface area contributed by atoms with Gasteiger partial charge in [-0.25, -0.2) is 9.97 Å². The van der Waals surface area contributed by atoms with Gasteiger partial charge in [-0.1, -0.05) is 34.8 Å². The van der Waals surface area contributed by atoms with Gasteiger partial charge in [0.2, 0.25) is 0 Å². The Morgan fingerprint density at radius 3 is 2.74 bits per heavy atom. The third-order valence-electron chi connectivity index (χ3n) is 2.79. The van der Waals surface area contributed by atoms with E-state index in [4.69, 9.17) is 23.2 Å². The fraction of sp³-hybridized carbons (Fsp3) is 0.0769. The van der Waals surface area contributed by atoms with Crippen LogP contribution in [0, 0.1) is 6.92 Å². The molecule has 96 valence electrons. The summed E-state index contributed by atoms with van der Waals surface area (Å²) in [5.74, 6) is 0.684. The molecule has 6 heteroatoms. The Balaban J connectivity index is 2.23. The lowest BCUT2D eigenvalue weighted by atomic mass is 10.1. The van der Waals surface area contributed by atoms with Crippen molar-refractivity contribution in [1.82, 2.24) is 15.0 Å². The van der Waals surface area contributed by atoms with Gasteiger partial charge in [-0.05, 0) is 25.1 Å². The van der Waals surface area contributed by atoms with Crippen molar-refractivity contribution in [1.29, 1.82) is 0 Å². The number of aryl methyl sites for hydroxylation is 1. The quantitative estimate of drug-likeness (QED) is 0.668. The second kappa shape index (κ2) is 4.40. The Bertz CT molecular complexity index is 744. The van der Waals surface area contributed by atoms with Gasteiger partial charge in [0.25, 0.3) is 0 Å². The number of hydrogen-bond acceptors (Lipinski definition) is 3. The van der Waals surface area contributed by atoms with E-state index in [1.54, 1.807) is 12.1 Å². The molecule has 0 atom stereocenters. The zero-order chi connectivity index (χ0) is 13.6. The van der Waals surface area contributed by atoms with E-state index in [1.807, 2.05) is 19.1 Å². The molecule has 0 aliphatic carbocycles. The van der Waals surface area contributed by atoms with Gasteiger partial charge < -0.3 is 10.1 Å². The fourth-order valence-corrected chi connectivity index (χ4v) is 2.15. The predicted molar refractivity (Wildman–Crippen MR) is 75.7 cm³/mol. The van der Waals surface area contributed by atoms with Gasteiger partial charge in [0.05, 0.1) is 10.6 Å². The number of nitrogens with zero attached hydrogens (tertiary/aromatic N) is 2. The highest BCUT2D eigenvalue weighted by Gasteiger charge is 2.12. The molecule has 19 heavy (non-hydrogen) atoms. The lowest BCUT2D eigenvalue weighted by molar-refractivity contribution is 0.477. The normalized spacial score (nSPS) is 11.1. The number of nitrogens with one attached hydrogen (secondary N) is 1. The van der Waals surface area contributed by atoms with Crippen molar-refractivity contribution in [2.75, 3.05) is 0 Å². The van der Waals surface area contributed by atoms with E-state index < -0.39 is 0 Å². The monoisotopic (exact) mass is 293 g/mol. The second-order valence-electron chi connectivity index (χ2n) is 4.23. The molecule has 0 spiro atoms. The molecule has 0 saturated heterocycles. The molecule has 0 aliphatic rings. The first-order valence-corrected chi connectivity index (χ1v) is 6.32. The van der Waals surface area contributed by atoms with E-state index in [9.17, 15) is 5.11 Å². The molecule has 3 aromatic rings. The maximum Gasteiger partial charge on any atom is 0.159 e. The number of aromatic nitrogens is 3. The standard InChI is InChI=1S/C13H9Cl2N3O/c1-6-2-3-10(19)7(4-6)12-16-9-5-8(14)11(15)17-13(9)18-12/h2-5,19H,1H3,(H,16,17,18). The number of aromatic amines is 1. The zero-order valence-electron chi connectivity index (χ0n) is 9.91. The number of phenolic OH excluding ortho intramolecular Hbond substituents is 1. The van der Waals surface area contributed by atoms with Crippen LogP contribution in [0.1, 0.15) is 5.56 Å². The van der Waals surface area contributed by atoms with Crippen LogP contribution in [0.5, 0.6) is 5.75 Å². The maximum absolute atomic E-state index is 9.89. The number of fused-ring (bicyclic) bond motifs is 1. The van der Waals surface area contributed by atoms with E-state index in [-0.39, 0.29) is 10.9 Å². The summed E-state index contributed by atoms with van der Waals surface area (Å²) in [4.78, 5) is 11.5. The van der Waals surface area contributed by atoms with Gasteiger partial charge in [-0.15, -0.1) is 0 Å². The lowest BCUT2D eigenvalue weighted by Gasteiger charge is -2.01. The fourth-order valence-electron chi connectivity index (χ4n) is 1.86. The lowest BCUT2D eigenvalue weighted by Crippen LogP contribution is -1.83. The van der Waals surface area contributed by atoms with Gasteiger partial charge in [-0.3, -0.25) is 0 Å². The van der Waals surface area contributed by atoms with Crippen molar-refractivity contribution in [2.24, 2.45) is 0 Å². The van der Waals surface area contributed by atoms with Crippen molar-refractivity contribution in [3.63, 3.8) is 0 Å². The maximum atomic E-state index is 9.89. The molecule has 2 aromatic heterocycles. The molecule has 0 radical (unpaired) electrons. The van der Waals surface area contributed by atoms with Crippen LogP contribution in [-0.4, -0.2) is 20.1 Å². The van der Waals surface area contributed by atoms with Crippen LogP contribution in [0.15, 0.2) is 24.3 Å². The first-order chi connectivity index (χ1) is 9.04. The minimum Gasteiger partial charge on any atom is -0.507 e. The summed E-state index contributed by atoms with van der Waals surface area (Å²) in [6, 6.07) is 6.94. The molecule has 0 amide bonds. The minimum atomic E-state index is 0.154. The molecule has 0 unspecified atom stereocenters. The van der Waals surface area contributed by atoms with Crippen molar-refractivity contribution in [2.45, 2.75) is 6.92 Å². The summed E-state index contributed by atoms with van der Waals surface area (Å²) in [6.45, 7) is 1.94. The zero-order valence-corrected chi connectivity index (χ0v) is 11.4. The Morgan fingerprint density at radius 1 is 1.16 bits per heavy atom. The first-order valence-electron chi connectivity index (χ1n) is 5.56. The van der Waals surface area contributed by atoms with Crippen LogP contribution in [0.25, 0.3) is 22.6 Å². The average molecular weight is 294 g/mol. The number of benzene rings is 1. The third-order valence-corrected chi connectivity index (χ3v) is 3.46. The first kappa shape index (κ1) is 12.3. The number of H-pyrrole nitrogens is 1. The van der Waals surface area contributed by atoms with Crippen molar-refractivity contribution < 1.29 is 5.11 Å². The Kier molecular flexibility index (Phi) is 2.84. The summed E-state index contributed by atoms with van der Waals surface area (Å²) in [7, 11) is 0. The molecule has 2 heterocycles. The number of halogens is 2. The van der Waals surface area contributed by atoms with Crippen LogP contribution in [0.3, 0.4) is 0 Å². The molecule has 0 bridgehead atoms. The van der Waals surface area contributed by atoms with Gasteiger partial charge >= 0.3 is 0 Å². The number of rotatable bonds is 1. The second-order valence-corrected chi connectivity index (χ2v) is 5.00. The van der Waals surface area contributed by atoms with Crippen LogP contribution >= 0.6 is 23.2 Å². The molecule has 4 nitrogen and oxygen atoms in total. The third kappa shape index (κ3) is 2.13. The summed E-state index contributed by atoms with van der Waals surface area (Å²) >= 11 is 11.8. The molecular formula is C13H9Cl2N3O. The summed E-state index contributed by atoms with van der Waals surface area (Å²) < 4.78 is 0. The molecule has 2 N–H and O–H groups in total. The van der Waals surface area contributed by atoms with Crippen LogP contribution < -0.4 is 0 Å². The van der Waals surface area contributed by atoms with Gasteiger partial charge in [-0.2, -0.15) is 0 Å².